The highest BCUT2D eigenvalue weighted by Gasteiger charge is 2.23. The zero-order chi connectivity index (χ0) is 30.1. The highest BCUT2D eigenvalue weighted by molar-refractivity contribution is 7.45. The molecule has 3 unspecified atom stereocenters. The lowest BCUT2D eigenvalue weighted by Gasteiger charge is -2.29. The van der Waals surface area contributed by atoms with Crippen molar-refractivity contribution in [3.8, 4) is 0 Å². The van der Waals surface area contributed by atoms with Gasteiger partial charge in [0, 0.05) is 6.42 Å². The van der Waals surface area contributed by atoms with Gasteiger partial charge in [-0.2, -0.15) is 0 Å². The van der Waals surface area contributed by atoms with Gasteiger partial charge in [-0.25, -0.2) is 0 Å². The third-order valence-electron chi connectivity index (χ3n) is 6.31. The van der Waals surface area contributed by atoms with Crippen molar-refractivity contribution in [2.75, 3.05) is 40.9 Å². The van der Waals surface area contributed by atoms with Gasteiger partial charge in [0.25, 0.3) is 7.82 Å². The summed E-state index contributed by atoms with van der Waals surface area (Å²) in [6, 6.07) is -0.900. The van der Waals surface area contributed by atoms with Crippen molar-refractivity contribution in [1.29, 1.82) is 0 Å². The Bertz CT molecular complexity index is 763. The number of phosphoric ester groups is 1. The van der Waals surface area contributed by atoms with Gasteiger partial charge in [-0.3, -0.25) is 9.36 Å². The molecule has 9 heteroatoms. The Morgan fingerprint density at radius 2 is 1.40 bits per heavy atom. The maximum absolute atomic E-state index is 12.6. The number of nitrogens with zero attached hydrogens (tertiary/aromatic N) is 1. The van der Waals surface area contributed by atoms with Crippen molar-refractivity contribution < 1.29 is 32.9 Å². The molecule has 0 radical (unpaired) electrons. The number of aliphatic hydroxyl groups excluding tert-OH is 1. The molecule has 0 rings (SSSR count). The zero-order valence-electron chi connectivity index (χ0n) is 26.0. The molecule has 1 amide bonds. The summed E-state index contributed by atoms with van der Waals surface area (Å²) in [6.45, 7) is 4.43. The van der Waals surface area contributed by atoms with E-state index >= 15 is 0 Å². The Morgan fingerprint density at radius 1 is 0.850 bits per heavy atom. The molecule has 0 heterocycles. The van der Waals surface area contributed by atoms with E-state index in [-0.39, 0.29) is 12.5 Å². The van der Waals surface area contributed by atoms with Crippen LogP contribution in [0.15, 0.2) is 36.5 Å². The van der Waals surface area contributed by atoms with Crippen molar-refractivity contribution in [3.63, 3.8) is 0 Å². The number of unbranched alkanes of at least 4 members (excludes halogenated alkanes) is 9. The number of likely N-dealkylation sites (N-methyl/N-ethyl adjacent to an activating group) is 1. The zero-order valence-corrected chi connectivity index (χ0v) is 26.9. The van der Waals surface area contributed by atoms with Gasteiger partial charge in [-0.05, 0) is 38.5 Å². The Balaban J connectivity index is 4.78. The van der Waals surface area contributed by atoms with E-state index in [2.05, 4.69) is 43.5 Å². The monoisotopic (exact) mass is 586 g/mol. The second kappa shape index (κ2) is 24.3. The smallest absolute Gasteiger partial charge is 0.268 e. The minimum absolute atomic E-state index is 0.00936. The number of allylic oxidation sites excluding steroid dienone is 5. The molecule has 0 aliphatic heterocycles. The molecular weight excluding hydrogens is 527 g/mol. The molecule has 0 aliphatic carbocycles. The molecule has 0 aromatic heterocycles. The molecule has 0 aromatic carbocycles. The fourth-order valence-corrected chi connectivity index (χ4v) is 4.50. The van der Waals surface area contributed by atoms with Gasteiger partial charge < -0.3 is 28.8 Å². The lowest BCUT2D eigenvalue weighted by Crippen LogP contribution is -2.45. The predicted octanol–water partition coefficient (Wildman–Crippen LogP) is 6.21. The molecular formula is C31H59N2O6P. The molecule has 234 valence electrons. The van der Waals surface area contributed by atoms with E-state index in [0.717, 1.165) is 51.4 Å². The molecule has 0 bridgehead atoms. The Kier molecular flexibility index (Phi) is 23.6. The number of nitrogens with one attached hydrogen (secondary N) is 1. The first-order chi connectivity index (χ1) is 19.0. The number of carbonyl (C=O) groups is 1. The van der Waals surface area contributed by atoms with Crippen LogP contribution < -0.4 is 10.2 Å². The van der Waals surface area contributed by atoms with Crippen LogP contribution in [0.25, 0.3) is 0 Å². The van der Waals surface area contributed by atoms with Crippen LogP contribution in [-0.4, -0.2) is 68.5 Å². The number of hydrogen-bond acceptors (Lipinski definition) is 6. The van der Waals surface area contributed by atoms with Gasteiger partial charge in [0.05, 0.1) is 39.9 Å². The fourth-order valence-electron chi connectivity index (χ4n) is 3.78. The second-order valence-corrected chi connectivity index (χ2v) is 12.9. The predicted molar refractivity (Wildman–Crippen MR) is 164 cm³/mol. The van der Waals surface area contributed by atoms with Crippen molar-refractivity contribution in [2.24, 2.45) is 0 Å². The van der Waals surface area contributed by atoms with Crippen LogP contribution in [0, 0.1) is 0 Å². The average Bonchev–Trinajstić information content (AvgIpc) is 2.88. The van der Waals surface area contributed by atoms with Gasteiger partial charge in [0.15, 0.2) is 0 Å². The minimum atomic E-state index is -4.57. The fraction of sp³-hybridized carbons (Fsp3) is 0.774. The maximum atomic E-state index is 12.6. The summed E-state index contributed by atoms with van der Waals surface area (Å²) in [4.78, 5) is 24.8. The van der Waals surface area contributed by atoms with Crippen LogP contribution in [-0.2, 0) is 18.4 Å². The van der Waals surface area contributed by atoms with Crippen molar-refractivity contribution in [3.05, 3.63) is 36.5 Å². The van der Waals surface area contributed by atoms with E-state index in [1.807, 2.05) is 27.2 Å². The third-order valence-corrected chi connectivity index (χ3v) is 7.28. The normalized spacial score (nSPS) is 15.7. The summed E-state index contributed by atoms with van der Waals surface area (Å²) in [5.74, 6) is -0.225. The molecule has 3 atom stereocenters. The first-order valence-electron chi connectivity index (χ1n) is 15.4. The maximum Gasteiger partial charge on any atom is 0.268 e. The summed E-state index contributed by atoms with van der Waals surface area (Å²) < 4.78 is 22.8. The molecule has 8 nitrogen and oxygen atoms in total. The van der Waals surface area contributed by atoms with E-state index in [9.17, 15) is 19.4 Å². The second-order valence-electron chi connectivity index (χ2n) is 11.4. The van der Waals surface area contributed by atoms with Crippen LogP contribution in [0.1, 0.15) is 104 Å². The molecule has 40 heavy (non-hydrogen) atoms. The summed E-state index contributed by atoms with van der Waals surface area (Å²) in [5, 5.41) is 13.5. The third kappa shape index (κ3) is 25.7. The number of quaternary nitrogens is 1. The van der Waals surface area contributed by atoms with Gasteiger partial charge >= 0.3 is 0 Å². The lowest BCUT2D eigenvalue weighted by atomic mass is 10.1. The Morgan fingerprint density at radius 3 is 1.98 bits per heavy atom. The standard InChI is InChI=1S/C31H59N2O6P/c1-6-8-10-12-14-15-16-17-19-20-22-24-30(34)29(28-39-40(36,37)38-27-26-33(3,4)5)32-31(35)25-23-21-18-13-11-9-7-2/h10,12,16-17,22,24,29-30,34H,6-9,11,13-15,18-21,23,25-28H2,1-5H3,(H-,32,35,36,37)/b12-10+,17-16+,24-22+. The Hall–Kier alpha value is -1.28. The van der Waals surface area contributed by atoms with Crippen LogP contribution in [0.4, 0.5) is 0 Å². The van der Waals surface area contributed by atoms with Crippen molar-refractivity contribution in [1.82, 2.24) is 5.32 Å². The highest BCUT2D eigenvalue weighted by atomic mass is 31.2. The van der Waals surface area contributed by atoms with E-state index in [4.69, 9.17) is 9.05 Å². The van der Waals surface area contributed by atoms with Crippen molar-refractivity contribution in [2.45, 2.75) is 116 Å². The SMILES string of the molecule is CCC/C=C/CC/C=C/CC/C=C/C(O)C(COP(=O)([O-])OCC[N+](C)(C)C)NC(=O)CCCCCCCCC. The summed E-state index contributed by atoms with van der Waals surface area (Å²) in [7, 11) is 1.22. The van der Waals surface area contributed by atoms with Crippen LogP contribution >= 0.6 is 7.82 Å². The topological polar surface area (TPSA) is 108 Å². The summed E-state index contributed by atoms with van der Waals surface area (Å²) >= 11 is 0. The van der Waals surface area contributed by atoms with E-state index < -0.39 is 26.6 Å². The largest absolute Gasteiger partial charge is 0.756 e. The molecule has 2 N–H and O–H groups in total. The molecule has 0 saturated carbocycles. The van der Waals surface area contributed by atoms with Crippen LogP contribution in [0.3, 0.4) is 0 Å². The number of amides is 1. The first kappa shape index (κ1) is 38.7. The molecule has 0 fully saturated rings. The van der Waals surface area contributed by atoms with Gasteiger partial charge in [-0.1, -0.05) is 95.2 Å². The number of rotatable bonds is 26. The lowest BCUT2D eigenvalue weighted by molar-refractivity contribution is -0.870. The number of phosphoric acid groups is 1. The average molecular weight is 587 g/mol. The van der Waals surface area contributed by atoms with E-state index in [1.165, 1.54) is 32.1 Å². The summed E-state index contributed by atoms with van der Waals surface area (Å²) in [6.07, 6.45) is 24.9. The van der Waals surface area contributed by atoms with Gasteiger partial charge in [0.1, 0.15) is 13.2 Å². The molecule has 0 spiro atoms. The Labute approximate surface area is 245 Å². The molecule has 0 saturated heterocycles. The number of carbonyl (C=O) groups excluding carboxylic acids is 1. The highest BCUT2D eigenvalue weighted by Crippen LogP contribution is 2.38. The van der Waals surface area contributed by atoms with Crippen LogP contribution in [0.2, 0.25) is 0 Å². The number of hydrogen-bond donors (Lipinski definition) is 2. The van der Waals surface area contributed by atoms with E-state index in [1.54, 1.807) is 6.08 Å². The van der Waals surface area contributed by atoms with Gasteiger partial charge in [0.2, 0.25) is 5.91 Å². The quantitative estimate of drug-likeness (QED) is 0.0540. The van der Waals surface area contributed by atoms with E-state index in [0.29, 0.717) is 17.4 Å². The van der Waals surface area contributed by atoms with Crippen LogP contribution in [0.5, 0.6) is 0 Å². The number of aliphatic hydroxyl groups is 1. The molecule has 0 aromatic rings. The summed E-state index contributed by atoms with van der Waals surface area (Å²) in [5.41, 5.74) is 0. The minimum Gasteiger partial charge on any atom is -0.756 e. The van der Waals surface area contributed by atoms with Crippen molar-refractivity contribution >= 4 is 13.7 Å². The first-order valence-corrected chi connectivity index (χ1v) is 16.8. The molecule has 0 aliphatic rings. The van der Waals surface area contributed by atoms with Gasteiger partial charge in [-0.15, -0.1) is 0 Å².